The van der Waals surface area contributed by atoms with Gasteiger partial charge in [0.1, 0.15) is 16.0 Å². The number of carbonyl (C=O) groups is 1. The molecule has 1 aromatic rings. The van der Waals surface area contributed by atoms with Crippen LogP contribution in [0.2, 0.25) is 0 Å². The number of rotatable bonds is 7. The second-order valence-electron chi connectivity index (χ2n) is 9.00. The van der Waals surface area contributed by atoms with Crippen molar-refractivity contribution < 1.29 is 14.3 Å². The molecule has 1 amide bonds. The molecule has 0 aliphatic carbocycles. The lowest BCUT2D eigenvalue weighted by Crippen LogP contribution is -2.62. The van der Waals surface area contributed by atoms with Crippen molar-refractivity contribution in [2.24, 2.45) is 0 Å². The smallest absolute Gasteiger partial charge is 0.254 e. The molecule has 1 N–H and O–H groups in total. The number of methoxy groups -OCH3 is 2. The molecule has 0 spiro atoms. The quantitative estimate of drug-likeness (QED) is 0.628. The number of ether oxygens (including phenoxy) is 2. The van der Waals surface area contributed by atoms with Crippen molar-refractivity contribution in [2.75, 3.05) is 20.8 Å². The van der Waals surface area contributed by atoms with E-state index in [9.17, 15) is 4.79 Å². The van der Waals surface area contributed by atoms with Crippen LogP contribution in [0.3, 0.4) is 0 Å². The molecule has 1 saturated heterocycles. The van der Waals surface area contributed by atoms with E-state index in [1.54, 1.807) is 26.4 Å². The van der Waals surface area contributed by atoms with Crippen LogP contribution in [0, 0.1) is 0 Å². The molecule has 0 bridgehead atoms. The Morgan fingerprint density at radius 3 is 2.07 bits per heavy atom. The number of piperidine rings is 1. The average Bonchev–Trinajstić information content (AvgIpc) is 2.59. The van der Waals surface area contributed by atoms with Gasteiger partial charge in [-0.2, -0.15) is 0 Å². The van der Waals surface area contributed by atoms with Crippen LogP contribution in [-0.2, 0) is 0 Å². The number of unbranched alkanes of at least 4 members (excludes halogenated alkanes) is 1. The monoisotopic (exact) mass is 454 g/mol. The van der Waals surface area contributed by atoms with E-state index in [1.807, 2.05) is 0 Å². The molecule has 28 heavy (non-hydrogen) atoms. The normalized spacial score (nSPS) is 18.6. The Morgan fingerprint density at radius 1 is 1.14 bits per heavy atom. The number of hydrogen-bond acceptors (Lipinski definition) is 4. The van der Waals surface area contributed by atoms with Gasteiger partial charge in [0.25, 0.3) is 5.91 Å². The summed E-state index contributed by atoms with van der Waals surface area (Å²) in [5.74, 6) is 1.24. The van der Waals surface area contributed by atoms with E-state index in [0.29, 0.717) is 17.1 Å². The molecule has 1 fully saturated rings. The summed E-state index contributed by atoms with van der Waals surface area (Å²) >= 11 is 3.49. The molecule has 1 aromatic carbocycles. The van der Waals surface area contributed by atoms with Crippen molar-refractivity contribution in [3.8, 4) is 11.5 Å². The van der Waals surface area contributed by atoms with Crippen LogP contribution < -0.4 is 14.8 Å². The molecule has 0 saturated carbocycles. The zero-order valence-corrected chi connectivity index (χ0v) is 19.9. The summed E-state index contributed by atoms with van der Waals surface area (Å²) in [7, 11) is 3.20. The topological polar surface area (TPSA) is 50.8 Å². The van der Waals surface area contributed by atoms with Crippen LogP contribution in [0.4, 0.5) is 0 Å². The Morgan fingerprint density at radius 2 is 1.64 bits per heavy atom. The van der Waals surface area contributed by atoms with Crippen molar-refractivity contribution in [3.05, 3.63) is 22.2 Å². The third-order valence-electron chi connectivity index (χ3n) is 5.32. The van der Waals surface area contributed by atoms with Crippen molar-refractivity contribution in [2.45, 2.75) is 77.4 Å². The molecule has 1 aliphatic heterocycles. The molecule has 0 atom stereocenters. The predicted octanol–water partition coefficient (Wildman–Crippen LogP) is 5.02. The fourth-order valence-corrected chi connectivity index (χ4v) is 4.98. The number of carbonyl (C=O) groups excluding carboxylic acids is 1. The number of benzene rings is 1. The Labute approximate surface area is 178 Å². The van der Waals surface area contributed by atoms with E-state index in [0.717, 1.165) is 36.7 Å². The molecule has 5 nitrogen and oxygen atoms in total. The number of halogens is 1. The van der Waals surface area contributed by atoms with Gasteiger partial charge < -0.3 is 19.7 Å². The minimum Gasteiger partial charge on any atom is -0.495 e. The van der Waals surface area contributed by atoms with E-state index in [-0.39, 0.29) is 23.0 Å². The largest absolute Gasteiger partial charge is 0.495 e. The lowest BCUT2D eigenvalue weighted by atomic mass is 9.78. The Balaban J connectivity index is 2.41. The standard InChI is InChI=1S/C22H35BrN2O3/c1-8-9-10-25(16-13-21(2,3)24-22(4,5)14-16)20(26)15-11-17(27-6)19(23)18(12-15)28-7/h11-12,16,24H,8-10,13-14H2,1-7H3. The third-order valence-corrected chi connectivity index (χ3v) is 6.10. The first-order valence-corrected chi connectivity index (χ1v) is 10.8. The van der Waals surface area contributed by atoms with Gasteiger partial charge in [0.15, 0.2) is 0 Å². The van der Waals surface area contributed by atoms with E-state index in [1.165, 1.54) is 0 Å². The van der Waals surface area contributed by atoms with Crippen LogP contribution in [0.5, 0.6) is 11.5 Å². The molecule has 1 heterocycles. The lowest BCUT2D eigenvalue weighted by molar-refractivity contribution is 0.0441. The second kappa shape index (κ2) is 9.04. The molecule has 0 radical (unpaired) electrons. The fourth-order valence-electron chi connectivity index (χ4n) is 4.43. The summed E-state index contributed by atoms with van der Waals surface area (Å²) in [5.41, 5.74) is 0.556. The van der Waals surface area contributed by atoms with Gasteiger partial charge in [-0.05, 0) is 75.0 Å². The Hall–Kier alpha value is -1.27. The van der Waals surface area contributed by atoms with Gasteiger partial charge in [-0.1, -0.05) is 13.3 Å². The predicted molar refractivity (Wildman–Crippen MR) is 118 cm³/mol. The van der Waals surface area contributed by atoms with Crippen LogP contribution in [-0.4, -0.2) is 48.7 Å². The highest BCUT2D eigenvalue weighted by atomic mass is 79.9. The summed E-state index contributed by atoms with van der Waals surface area (Å²) in [6, 6.07) is 3.78. The SMILES string of the molecule is CCCCN(C(=O)c1cc(OC)c(Br)c(OC)c1)C1CC(C)(C)NC(C)(C)C1. The Kier molecular flexibility index (Phi) is 7.43. The van der Waals surface area contributed by atoms with Gasteiger partial charge >= 0.3 is 0 Å². The van der Waals surface area contributed by atoms with Gasteiger partial charge in [0, 0.05) is 29.2 Å². The minimum absolute atomic E-state index is 0.0216. The molecule has 0 unspecified atom stereocenters. The van der Waals surface area contributed by atoms with Crippen molar-refractivity contribution in [1.82, 2.24) is 10.2 Å². The zero-order valence-electron chi connectivity index (χ0n) is 18.3. The van der Waals surface area contributed by atoms with Gasteiger partial charge in [-0.25, -0.2) is 0 Å². The van der Waals surface area contributed by atoms with Gasteiger partial charge in [-0.3, -0.25) is 4.79 Å². The first-order chi connectivity index (χ1) is 13.0. The van der Waals surface area contributed by atoms with Crippen LogP contribution in [0.1, 0.15) is 70.7 Å². The first-order valence-electron chi connectivity index (χ1n) is 10.1. The van der Waals surface area contributed by atoms with E-state index >= 15 is 0 Å². The van der Waals surface area contributed by atoms with Gasteiger partial charge in [0.2, 0.25) is 0 Å². The maximum absolute atomic E-state index is 13.6. The number of nitrogens with zero attached hydrogens (tertiary/aromatic N) is 1. The second-order valence-corrected chi connectivity index (χ2v) is 9.79. The zero-order chi connectivity index (χ0) is 21.1. The number of amides is 1. The average molecular weight is 455 g/mol. The molecular weight excluding hydrogens is 420 g/mol. The van der Waals surface area contributed by atoms with Crippen LogP contribution in [0.25, 0.3) is 0 Å². The molecule has 1 aliphatic rings. The van der Waals surface area contributed by atoms with E-state index in [2.05, 4.69) is 60.8 Å². The van der Waals surface area contributed by atoms with Crippen molar-refractivity contribution >= 4 is 21.8 Å². The third kappa shape index (κ3) is 5.41. The van der Waals surface area contributed by atoms with Crippen LogP contribution >= 0.6 is 15.9 Å². The van der Waals surface area contributed by atoms with Crippen molar-refractivity contribution in [3.63, 3.8) is 0 Å². The van der Waals surface area contributed by atoms with Crippen molar-refractivity contribution in [1.29, 1.82) is 0 Å². The molecule has 0 aromatic heterocycles. The molecule has 6 heteroatoms. The number of hydrogen-bond donors (Lipinski definition) is 1. The molecule has 2 rings (SSSR count). The number of nitrogens with one attached hydrogen (secondary N) is 1. The maximum atomic E-state index is 13.6. The van der Waals surface area contributed by atoms with Gasteiger partial charge in [-0.15, -0.1) is 0 Å². The highest BCUT2D eigenvalue weighted by Crippen LogP contribution is 2.37. The minimum atomic E-state index is -0.0216. The van der Waals surface area contributed by atoms with E-state index in [4.69, 9.17) is 9.47 Å². The summed E-state index contributed by atoms with van der Waals surface area (Å²) in [4.78, 5) is 15.7. The van der Waals surface area contributed by atoms with Gasteiger partial charge in [0.05, 0.1) is 14.2 Å². The lowest BCUT2D eigenvalue weighted by Gasteiger charge is -2.49. The highest BCUT2D eigenvalue weighted by Gasteiger charge is 2.41. The highest BCUT2D eigenvalue weighted by molar-refractivity contribution is 9.10. The molecule has 158 valence electrons. The summed E-state index contributed by atoms with van der Waals surface area (Å²) in [6.45, 7) is 11.8. The molecular formula is C22H35BrN2O3. The summed E-state index contributed by atoms with van der Waals surface area (Å²) < 4.78 is 11.6. The maximum Gasteiger partial charge on any atom is 0.254 e. The first kappa shape index (κ1) is 23.0. The fraction of sp³-hybridized carbons (Fsp3) is 0.682. The van der Waals surface area contributed by atoms with Crippen LogP contribution in [0.15, 0.2) is 16.6 Å². The Bertz CT molecular complexity index is 662. The van der Waals surface area contributed by atoms with E-state index < -0.39 is 0 Å². The summed E-state index contributed by atoms with van der Waals surface area (Å²) in [5, 5.41) is 3.71. The summed E-state index contributed by atoms with van der Waals surface area (Å²) in [6.07, 6.45) is 3.89.